The van der Waals surface area contributed by atoms with Crippen LogP contribution in [0, 0.1) is 23.3 Å². The molecule has 0 aliphatic heterocycles. The number of halogens is 4. The van der Waals surface area contributed by atoms with E-state index in [0.717, 1.165) is 134 Å². The molecule has 0 saturated carbocycles. The summed E-state index contributed by atoms with van der Waals surface area (Å²) in [6.07, 6.45) is 3.59. The fraction of sp³-hybridized carbons (Fsp3) is 0.0213. The molecule has 5 nitrogen and oxygen atoms in total. The molecule has 9 heteroatoms. The highest BCUT2D eigenvalue weighted by molar-refractivity contribution is 6.12. The van der Waals surface area contributed by atoms with Crippen molar-refractivity contribution >= 4 is 79.0 Å². The van der Waals surface area contributed by atoms with E-state index in [0.29, 0.717) is 34.2 Å². The van der Waals surface area contributed by atoms with Crippen LogP contribution < -0.4 is 19.3 Å². The van der Waals surface area contributed by atoms with Gasteiger partial charge in [-0.15, -0.1) is 0 Å². The van der Waals surface area contributed by atoms with Gasteiger partial charge in [0.05, 0.1) is 10.8 Å². The summed E-state index contributed by atoms with van der Waals surface area (Å²) in [4.78, 5) is 4.29. The first-order valence-corrected chi connectivity index (χ1v) is 34.0. The van der Waals surface area contributed by atoms with Gasteiger partial charge in [0.15, 0.2) is 0 Å². The van der Waals surface area contributed by atoms with Crippen molar-refractivity contribution in [3.8, 4) is 45.3 Å². The molecule has 1 heterocycles. The molecule has 1 aromatic heterocycles. The van der Waals surface area contributed by atoms with Crippen LogP contribution in [0.15, 0.2) is 345 Å². The molecule has 18 rings (SSSR count). The smallest absolute Gasteiger partial charge is 0.136 e. The number of fused-ring (bicyclic) bond motifs is 10. The second kappa shape index (κ2) is 24.9. The van der Waals surface area contributed by atoms with Crippen LogP contribution in [0.4, 0.5) is 51.7 Å². The van der Waals surface area contributed by atoms with E-state index in [9.17, 15) is 0 Å². The molecule has 103 heavy (non-hydrogen) atoms. The van der Waals surface area contributed by atoms with Gasteiger partial charge in [0.1, 0.15) is 57.4 Å². The maximum atomic E-state index is 15.2. The lowest BCUT2D eigenvalue weighted by Gasteiger charge is -2.35. The van der Waals surface area contributed by atoms with Gasteiger partial charge in [-0.25, -0.2) is 17.6 Å². The summed E-state index contributed by atoms with van der Waals surface area (Å²) in [5.41, 5.74) is 18.0. The van der Waals surface area contributed by atoms with Crippen molar-refractivity contribution in [2.45, 2.75) is 10.8 Å². The maximum absolute atomic E-state index is 15.2. The minimum Gasteiger partial charge on any atom is -0.457 e. The zero-order valence-electron chi connectivity index (χ0n) is 55.4. The van der Waals surface area contributed by atoms with Crippen molar-refractivity contribution in [2.75, 3.05) is 9.80 Å². The molecule has 0 fully saturated rings. The fourth-order valence-corrected chi connectivity index (χ4v) is 15.8. The van der Waals surface area contributed by atoms with E-state index in [-0.39, 0.29) is 23.3 Å². The number of nitrogens with zero attached hydrogens (tertiary/aromatic N) is 2. The Bertz CT molecular complexity index is 5990. The quantitative estimate of drug-likeness (QED) is 0.0902. The molecule has 0 saturated heterocycles. The van der Waals surface area contributed by atoms with Crippen molar-refractivity contribution in [1.29, 1.82) is 0 Å². The van der Waals surface area contributed by atoms with E-state index in [1.54, 1.807) is 36.4 Å². The molecule has 492 valence electrons. The van der Waals surface area contributed by atoms with Gasteiger partial charge in [-0.1, -0.05) is 165 Å². The number of hydrogen-bond acceptors (Lipinski definition) is 5. The van der Waals surface area contributed by atoms with Gasteiger partial charge < -0.3 is 23.7 Å². The average molecular weight is 1340 g/mol. The number of hydrogen-bond donors (Lipinski definition) is 0. The Labute approximate surface area is 592 Å². The van der Waals surface area contributed by atoms with Gasteiger partial charge in [-0.05, 0) is 277 Å². The van der Waals surface area contributed by atoms with E-state index >= 15 is 17.6 Å². The Hall–Kier alpha value is -13.2. The molecule has 16 aromatic rings. The third-order valence-corrected chi connectivity index (χ3v) is 20.5. The number of furan rings is 1. The van der Waals surface area contributed by atoms with Crippen LogP contribution in [0.2, 0.25) is 0 Å². The van der Waals surface area contributed by atoms with Gasteiger partial charge >= 0.3 is 0 Å². The van der Waals surface area contributed by atoms with Gasteiger partial charge in [-0.2, -0.15) is 0 Å². The summed E-state index contributed by atoms with van der Waals surface area (Å²) in [7, 11) is 0. The van der Waals surface area contributed by atoms with E-state index in [4.69, 9.17) is 13.9 Å². The molecular formula is C94H60F4N2O3. The number of anilines is 6. The standard InChI is InChI=1S/C94H60F4N2O3/c1-3-59-13-42-77(43-14-59)101-79-46-22-65(23-47-79)93(63-18-26-67(95)27-19-63)87-11-7-5-9-81(87)83-50-39-75(57-89(83)93)99(71-35-30-69(97)31-36-71)73-34-17-61-55-92-85(54-62(61)53-73)86-56-74(41-52-91(86)103-92)100(72-37-32-70(98)33-38-72)76-40-51-84-82-10-6-8-12-88(82)94(90(84)58-76,64-20-28-68(96)29-21-64)66-24-48-80(49-25-66)102-78-44-15-60(4-2)16-45-78/h3-58H,1-2H2. The highest BCUT2D eigenvalue weighted by Gasteiger charge is 2.48. The monoisotopic (exact) mass is 1340 g/mol. The largest absolute Gasteiger partial charge is 0.457 e. The topological polar surface area (TPSA) is 38.1 Å². The van der Waals surface area contributed by atoms with Crippen molar-refractivity contribution in [2.24, 2.45) is 0 Å². The molecular weight excluding hydrogens is 1280 g/mol. The summed E-state index contributed by atoms with van der Waals surface area (Å²) in [5.74, 6) is 1.26. The summed E-state index contributed by atoms with van der Waals surface area (Å²) in [6, 6.07) is 105. The Morgan fingerprint density at radius 2 is 0.621 bits per heavy atom. The molecule has 15 aromatic carbocycles. The van der Waals surface area contributed by atoms with Crippen LogP contribution in [0.3, 0.4) is 0 Å². The SMILES string of the molecule is C=Cc1ccc(Oc2ccc(C3(c4ccc(F)cc4)c4ccccc4-c4ccc(N(c5ccc(F)cc5)c5ccc6cc7oc8ccc(N(c9ccc(F)cc9)c9ccc%10c(c9)C(c9ccc(F)cc9)(c9ccc(Oc%11ccc(C=C)cc%11)cc9)c9ccccc9-%10)cc8c7cc6c5)cc43)cc2)cc1. The Balaban J connectivity index is 0.762. The van der Waals surface area contributed by atoms with Crippen LogP contribution in [0.1, 0.15) is 55.6 Å². The predicted octanol–water partition coefficient (Wildman–Crippen LogP) is 25.8. The van der Waals surface area contributed by atoms with Gasteiger partial charge in [0, 0.05) is 44.9 Å². The summed E-state index contributed by atoms with van der Waals surface area (Å²) in [5, 5.41) is 3.59. The Morgan fingerprint density at radius 1 is 0.282 bits per heavy atom. The van der Waals surface area contributed by atoms with Gasteiger partial charge in [0.25, 0.3) is 0 Å². The summed E-state index contributed by atoms with van der Waals surface area (Å²) < 4.78 is 80.3. The third kappa shape index (κ3) is 10.5. The van der Waals surface area contributed by atoms with Crippen LogP contribution in [0.5, 0.6) is 23.0 Å². The first-order chi connectivity index (χ1) is 50.5. The van der Waals surface area contributed by atoms with Crippen molar-refractivity contribution < 1.29 is 31.5 Å². The number of ether oxygens (including phenoxy) is 2. The molecule has 2 unspecified atom stereocenters. The van der Waals surface area contributed by atoms with Crippen LogP contribution >= 0.6 is 0 Å². The summed E-state index contributed by atoms with van der Waals surface area (Å²) in [6.45, 7) is 7.79. The van der Waals surface area contributed by atoms with Crippen LogP contribution in [-0.4, -0.2) is 0 Å². The molecule has 0 radical (unpaired) electrons. The normalized spacial score (nSPS) is 14.8. The van der Waals surface area contributed by atoms with Crippen LogP contribution in [0.25, 0.3) is 67.1 Å². The Morgan fingerprint density at radius 3 is 1.06 bits per heavy atom. The lowest BCUT2D eigenvalue weighted by molar-refractivity contribution is 0.482. The molecule has 0 N–H and O–H groups in total. The number of rotatable bonds is 16. The zero-order valence-corrected chi connectivity index (χ0v) is 55.4. The minimum absolute atomic E-state index is 0.343. The molecule has 0 spiro atoms. The lowest BCUT2D eigenvalue weighted by atomic mass is 9.67. The fourth-order valence-electron chi connectivity index (χ4n) is 15.8. The van der Waals surface area contributed by atoms with Gasteiger partial charge in [0.2, 0.25) is 0 Å². The predicted molar refractivity (Wildman–Crippen MR) is 408 cm³/mol. The summed E-state index contributed by atoms with van der Waals surface area (Å²) >= 11 is 0. The molecule has 2 atom stereocenters. The second-order valence-corrected chi connectivity index (χ2v) is 26.1. The molecule has 2 aliphatic carbocycles. The van der Waals surface area contributed by atoms with E-state index in [2.05, 4.69) is 150 Å². The maximum Gasteiger partial charge on any atom is 0.136 e. The van der Waals surface area contributed by atoms with E-state index < -0.39 is 10.8 Å². The Kier molecular flexibility index (Phi) is 15.0. The number of benzene rings is 15. The first-order valence-electron chi connectivity index (χ1n) is 34.0. The second-order valence-electron chi connectivity index (χ2n) is 26.1. The molecule has 0 bridgehead atoms. The lowest BCUT2D eigenvalue weighted by Crippen LogP contribution is -2.28. The van der Waals surface area contributed by atoms with E-state index in [1.807, 2.05) is 127 Å². The van der Waals surface area contributed by atoms with Gasteiger partial charge in [-0.3, -0.25) is 0 Å². The minimum atomic E-state index is -0.935. The first kappa shape index (κ1) is 62.0. The third-order valence-electron chi connectivity index (χ3n) is 20.5. The zero-order chi connectivity index (χ0) is 69.5. The van der Waals surface area contributed by atoms with Crippen molar-refractivity contribution in [3.63, 3.8) is 0 Å². The van der Waals surface area contributed by atoms with Crippen molar-refractivity contribution in [3.05, 3.63) is 420 Å². The molecule has 2 aliphatic rings. The average Bonchev–Trinajstić information content (AvgIpc) is 1.55. The van der Waals surface area contributed by atoms with Crippen LogP contribution in [-0.2, 0) is 10.8 Å². The van der Waals surface area contributed by atoms with E-state index in [1.165, 1.54) is 48.5 Å². The molecule has 0 amide bonds. The highest BCUT2D eigenvalue weighted by Crippen LogP contribution is 2.60. The van der Waals surface area contributed by atoms with Crippen molar-refractivity contribution in [1.82, 2.24) is 0 Å². The highest BCUT2D eigenvalue weighted by atomic mass is 19.1.